The minimum absolute atomic E-state index is 0.0902. The Bertz CT molecular complexity index is 562. The number of likely N-dealkylation sites (tertiary alicyclic amines) is 1. The van der Waals surface area contributed by atoms with Crippen molar-refractivity contribution in [2.45, 2.75) is 45.0 Å². The number of nitrogens with zero attached hydrogens (tertiary/aromatic N) is 1. The van der Waals surface area contributed by atoms with Crippen molar-refractivity contribution in [3.63, 3.8) is 0 Å². The molecule has 0 unspecified atom stereocenters. The highest BCUT2D eigenvalue weighted by molar-refractivity contribution is 6.43. The van der Waals surface area contributed by atoms with Crippen LogP contribution >= 0.6 is 0 Å². The van der Waals surface area contributed by atoms with Crippen LogP contribution in [0.4, 0.5) is 0 Å². The van der Waals surface area contributed by atoms with E-state index in [2.05, 4.69) is 5.32 Å². The van der Waals surface area contributed by atoms with Crippen molar-refractivity contribution < 1.29 is 19.6 Å². The Labute approximate surface area is 143 Å². The molecule has 7 heteroatoms. The van der Waals surface area contributed by atoms with Gasteiger partial charge in [0.2, 0.25) is 11.8 Å². The molecular weight excluding hydrogens is 307 g/mol. The van der Waals surface area contributed by atoms with Crippen LogP contribution in [0.2, 0.25) is 0 Å². The van der Waals surface area contributed by atoms with Crippen LogP contribution in [0.5, 0.6) is 0 Å². The number of amides is 2. The third-order valence-electron chi connectivity index (χ3n) is 4.31. The van der Waals surface area contributed by atoms with Crippen LogP contribution in [-0.2, 0) is 16.0 Å². The first-order chi connectivity index (χ1) is 11.5. The van der Waals surface area contributed by atoms with Crippen LogP contribution in [0.25, 0.3) is 0 Å². The molecular formula is C17H25BN2O4. The lowest BCUT2D eigenvalue weighted by molar-refractivity contribution is -0.133. The second-order valence-corrected chi connectivity index (χ2v) is 6.37. The summed E-state index contributed by atoms with van der Waals surface area (Å²) in [6.07, 6.45) is 2.94. The van der Waals surface area contributed by atoms with Crippen molar-refractivity contribution in [1.29, 1.82) is 0 Å². The minimum atomic E-state index is -1.63. The van der Waals surface area contributed by atoms with Gasteiger partial charge >= 0.3 is 7.12 Å². The first kappa shape index (κ1) is 18.5. The molecule has 3 N–H and O–H groups in total. The number of hydrogen-bond donors (Lipinski definition) is 3. The Morgan fingerprint density at radius 1 is 1.29 bits per heavy atom. The van der Waals surface area contributed by atoms with Gasteiger partial charge in [0.15, 0.2) is 0 Å². The van der Waals surface area contributed by atoms with Gasteiger partial charge in [-0.1, -0.05) is 29.8 Å². The summed E-state index contributed by atoms with van der Waals surface area (Å²) in [6.45, 7) is 3.05. The lowest BCUT2D eigenvalue weighted by Gasteiger charge is -2.26. The minimum Gasteiger partial charge on any atom is -0.426 e. The number of hydrogen-bond acceptors (Lipinski definition) is 4. The molecule has 1 aromatic carbocycles. The summed E-state index contributed by atoms with van der Waals surface area (Å²) >= 11 is 0. The van der Waals surface area contributed by atoms with Gasteiger partial charge in [-0.15, -0.1) is 0 Å². The van der Waals surface area contributed by atoms with E-state index in [0.717, 1.165) is 24.0 Å². The maximum absolute atomic E-state index is 12.1. The SMILES string of the molecule is Cc1ccc(C[C@H](NC(=O)CCN2CCCCC2=O)B(O)O)cc1. The number of benzene rings is 1. The molecule has 2 rings (SSSR count). The quantitative estimate of drug-likeness (QED) is 0.632. The van der Waals surface area contributed by atoms with Gasteiger partial charge in [0.25, 0.3) is 0 Å². The van der Waals surface area contributed by atoms with Gasteiger partial charge < -0.3 is 20.3 Å². The predicted octanol–water partition coefficient (Wildman–Crippen LogP) is 0.437. The van der Waals surface area contributed by atoms with E-state index in [-0.39, 0.29) is 18.2 Å². The van der Waals surface area contributed by atoms with Crippen molar-refractivity contribution in [1.82, 2.24) is 10.2 Å². The predicted molar refractivity (Wildman–Crippen MR) is 92.1 cm³/mol. The van der Waals surface area contributed by atoms with Gasteiger partial charge in [-0.05, 0) is 31.7 Å². The Morgan fingerprint density at radius 2 is 2.00 bits per heavy atom. The van der Waals surface area contributed by atoms with E-state index in [0.29, 0.717) is 25.9 Å². The van der Waals surface area contributed by atoms with E-state index in [9.17, 15) is 19.6 Å². The maximum atomic E-state index is 12.1. The fourth-order valence-electron chi connectivity index (χ4n) is 2.82. The molecule has 0 aromatic heterocycles. The van der Waals surface area contributed by atoms with E-state index in [1.54, 1.807) is 4.90 Å². The molecule has 1 aromatic rings. The van der Waals surface area contributed by atoms with Crippen LogP contribution in [0.1, 0.15) is 36.8 Å². The smallest absolute Gasteiger partial charge is 0.426 e. The normalized spacial score (nSPS) is 16.0. The van der Waals surface area contributed by atoms with Crippen molar-refractivity contribution in [2.24, 2.45) is 0 Å². The van der Waals surface area contributed by atoms with Gasteiger partial charge in [0, 0.05) is 25.9 Å². The molecule has 130 valence electrons. The maximum Gasteiger partial charge on any atom is 0.475 e. The Balaban J connectivity index is 1.84. The highest BCUT2D eigenvalue weighted by atomic mass is 16.4. The van der Waals surface area contributed by atoms with Crippen molar-refractivity contribution >= 4 is 18.9 Å². The third-order valence-corrected chi connectivity index (χ3v) is 4.31. The average molecular weight is 332 g/mol. The van der Waals surface area contributed by atoms with Crippen LogP contribution in [-0.4, -0.2) is 52.9 Å². The number of aryl methyl sites for hydroxylation is 1. The van der Waals surface area contributed by atoms with E-state index in [4.69, 9.17) is 0 Å². The van der Waals surface area contributed by atoms with Gasteiger partial charge in [0.1, 0.15) is 0 Å². The van der Waals surface area contributed by atoms with Crippen molar-refractivity contribution in [2.75, 3.05) is 13.1 Å². The highest BCUT2D eigenvalue weighted by Crippen LogP contribution is 2.11. The van der Waals surface area contributed by atoms with E-state index in [1.165, 1.54) is 0 Å². The van der Waals surface area contributed by atoms with Gasteiger partial charge in [-0.3, -0.25) is 9.59 Å². The van der Waals surface area contributed by atoms with Crippen LogP contribution in [0.3, 0.4) is 0 Å². The topological polar surface area (TPSA) is 89.9 Å². The highest BCUT2D eigenvalue weighted by Gasteiger charge is 2.26. The summed E-state index contributed by atoms with van der Waals surface area (Å²) in [4.78, 5) is 25.5. The van der Waals surface area contributed by atoms with Gasteiger partial charge in [0.05, 0.1) is 5.94 Å². The lowest BCUT2D eigenvalue weighted by Crippen LogP contribution is -2.48. The lowest BCUT2D eigenvalue weighted by atomic mass is 9.76. The van der Waals surface area contributed by atoms with E-state index < -0.39 is 13.1 Å². The number of nitrogens with one attached hydrogen (secondary N) is 1. The first-order valence-corrected chi connectivity index (χ1v) is 8.44. The number of carbonyl (C=O) groups is 2. The summed E-state index contributed by atoms with van der Waals surface area (Å²) in [5, 5.41) is 21.7. The molecule has 1 aliphatic heterocycles. The zero-order chi connectivity index (χ0) is 17.5. The average Bonchev–Trinajstić information content (AvgIpc) is 2.55. The molecule has 24 heavy (non-hydrogen) atoms. The van der Waals surface area contributed by atoms with Crippen molar-refractivity contribution in [3.8, 4) is 0 Å². The van der Waals surface area contributed by atoms with Crippen LogP contribution in [0, 0.1) is 6.92 Å². The summed E-state index contributed by atoms with van der Waals surface area (Å²) in [5.41, 5.74) is 2.04. The number of carbonyl (C=O) groups excluding carboxylic acids is 2. The van der Waals surface area contributed by atoms with Crippen molar-refractivity contribution in [3.05, 3.63) is 35.4 Å². The number of rotatable bonds is 7. The van der Waals surface area contributed by atoms with Crippen LogP contribution < -0.4 is 5.32 Å². The Morgan fingerprint density at radius 3 is 2.62 bits per heavy atom. The second kappa shape index (κ2) is 8.85. The molecule has 1 atom stereocenters. The zero-order valence-electron chi connectivity index (χ0n) is 14.1. The molecule has 2 amide bonds. The molecule has 0 saturated carbocycles. The molecule has 0 bridgehead atoms. The molecule has 0 spiro atoms. The molecule has 1 heterocycles. The van der Waals surface area contributed by atoms with E-state index >= 15 is 0 Å². The molecule has 1 aliphatic rings. The fourth-order valence-corrected chi connectivity index (χ4v) is 2.82. The summed E-state index contributed by atoms with van der Waals surface area (Å²) < 4.78 is 0. The first-order valence-electron chi connectivity index (χ1n) is 8.44. The molecule has 1 fully saturated rings. The fraction of sp³-hybridized carbons (Fsp3) is 0.529. The van der Waals surface area contributed by atoms with E-state index in [1.807, 2.05) is 31.2 Å². The monoisotopic (exact) mass is 332 g/mol. The summed E-state index contributed by atoms with van der Waals surface area (Å²) in [7, 11) is -1.63. The van der Waals surface area contributed by atoms with Gasteiger partial charge in [-0.25, -0.2) is 0 Å². The largest absolute Gasteiger partial charge is 0.475 e. The molecule has 0 aliphatic carbocycles. The molecule has 6 nitrogen and oxygen atoms in total. The molecule has 1 saturated heterocycles. The zero-order valence-corrected chi connectivity index (χ0v) is 14.1. The van der Waals surface area contributed by atoms with Crippen LogP contribution in [0.15, 0.2) is 24.3 Å². The summed E-state index contributed by atoms with van der Waals surface area (Å²) in [5.74, 6) is -0.955. The Hall–Kier alpha value is -1.86. The molecule has 0 radical (unpaired) electrons. The second-order valence-electron chi connectivity index (χ2n) is 6.37. The summed E-state index contributed by atoms with van der Waals surface area (Å²) in [6, 6.07) is 7.70. The third kappa shape index (κ3) is 5.65. The van der Waals surface area contributed by atoms with Gasteiger partial charge in [-0.2, -0.15) is 0 Å². The number of piperidine rings is 1. The Kier molecular flexibility index (Phi) is 6.81. The standard InChI is InChI=1S/C17H25BN2O4/c1-13-5-7-14(8-6-13)12-15(18(23)24)19-16(21)9-11-20-10-3-2-4-17(20)22/h5-8,15,23-24H,2-4,9-12H2,1H3,(H,19,21)/t15-/m0/s1.